The smallest absolute Gasteiger partial charge is 0.267 e. The van der Waals surface area contributed by atoms with Gasteiger partial charge >= 0.3 is 0 Å². The van der Waals surface area contributed by atoms with Crippen molar-refractivity contribution >= 4 is 19.4 Å². The number of hydroxylamine groups is 1. The molecule has 146 valence electrons. The molecule has 0 saturated heterocycles. The number of hydrogen-bond acceptors (Lipinski definition) is 2. The van der Waals surface area contributed by atoms with E-state index >= 15 is 0 Å². The molecule has 3 rings (SSSR count). The summed E-state index contributed by atoms with van der Waals surface area (Å²) >= 11 is 0. The maximum atomic E-state index is 13.4. The molecule has 0 saturated carbocycles. The average molecular weight is 394 g/mol. The fourth-order valence-corrected chi connectivity index (χ4v) is 5.37. The van der Waals surface area contributed by atoms with Gasteiger partial charge in [0.2, 0.25) is 0 Å². The summed E-state index contributed by atoms with van der Waals surface area (Å²) in [7, 11) is -1.89. The molecule has 0 unspecified atom stereocenters. The number of rotatable bonds is 7. The van der Waals surface area contributed by atoms with Gasteiger partial charge in [0, 0.05) is 0 Å². The van der Waals surface area contributed by atoms with Crippen LogP contribution in [0.15, 0.2) is 84.9 Å². The Labute approximate surface area is 169 Å². The minimum absolute atomic E-state index is 0.0111. The largest absolute Gasteiger partial charge is 0.338 e. The van der Waals surface area contributed by atoms with Gasteiger partial charge in [0.05, 0.1) is 6.04 Å². The first kappa shape index (κ1) is 20.5. The van der Waals surface area contributed by atoms with Gasteiger partial charge < -0.3 is 4.53 Å². The fourth-order valence-electron chi connectivity index (χ4n) is 3.27. The van der Waals surface area contributed by atoms with Crippen LogP contribution in [0.1, 0.15) is 38.8 Å². The van der Waals surface area contributed by atoms with E-state index in [-0.39, 0.29) is 17.3 Å². The zero-order valence-electron chi connectivity index (χ0n) is 16.7. The van der Waals surface area contributed by atoms with Crippen molar-refractivity contribution in [2.45, 2.75) is 33.2 Å². The molecule has 0 aromatic heterocycles. The van der Waals surface area contributed by atoms with Crippen molar-refractivity contribution in [2.24, 2.45) is 5.41 Å². The van der Waals surface area contributed by atoms with Gasteiger partial charge in [-0.15, -0.1) is 0 Å². The van der Waals surface area contributed by atoms with E-state index in [0.717, 1.165) is 12.0 Å². The highest BCUT2D eigenvalue weighted by Gasteiger charge is 2.24. The Kier molecular flexibility index (Phi) is 6.78. The first-order valence-corrected chi connectivity index (χ1v) is 11.3. The Morgan fingerprint density at radius 2 is 1.32 bits per heavy atom. The Balaban J connectivity index is 1.85. The lowest BCUT2D eigenvalue weighted by atomic mass is 9.86. The molecule has 0 bridgehead atoms. The normalized spacial score (nSPS) is 12.9. The molecule has 0 spiro atoms. The molecule has 3 aromatic rings. The van der Waals surface area contributed by atoms with Crippen LogP contribution in [0.5, 0.6) is 0 Å². The van der Waals surface area contributed by atoms with E-state index in [2.05, 4.69) is 50.5 Å². The molecule has 28 heavy (non-hydrogen) atoms. The molecule has 2 nitrogen and oxygen atoms in total. The third-order valence-corrected chi connectivity index (χ3v) is 6.97. The summed E-state index contributed by atoms with van der Waals surface area (Å²) in [4.78, 5) is 0. The standard InChI is InChI=1S/C24H28FNOSi/c1-24(2,3)18-23(19-14-16-20(25)17-15-19)26-27-28(21-10-6-4-7-11-21)22-12-8-5-9-13-22/h4-17,23,26,28H,18H2,1-3H3/t23-/m1/s1. The van der Waals surface area contributed by atoms with Gasteiger partial charge in [-0.25, -0.2) is 9.87 Å². The van der Waals surface area contributed by atoms with Gasteiger partial charge in [0.25, 0.3) is 9.04 Å². The van der Waals surface area contributed by atoms with Crippen molar-refractivity contribution in [1.29, 1.82) is 0 Å². The molecule has 1 atom stereocenters. The molecule has 0 aliphatic rings. The number of hydrogen-bond donors (Lipinski definition) is 1. The van der Waals surface area contributed by atoms with Gasteiger partial charge in [-0.3, -0.25) is 0 Å². The number of halogens is 1. The summed E-state index contributed by atoms with van der Waals surface area (Å²) in [6, 6.07) is 27.4. The van der Waals surface area contributed by atoms with Crippen LogP contribution in [0.2, 0.25) is 0 Å². The zero-order valence-corrected chi connectivity index (χ0v) is 17.9. The van der Waals surface area contributed by atoms with E-state index in [9.17, 15) is 4.39 Å². The Hall–Kier alpha value is -2.27. The van der Waals surface area contributed by atoms with Crippen molar-refractivity contribution in [3.63, 3.8) is 0 Å². The highest BCUT2D eigenvalue weighted by atomic mass is 28.3. The molecular formula is C24H28FNOSi. The first-order chi connectivity index (χ1) is 13.4. The monoisotopic (exact) mass is 393 g/mol. The van der Waals surface area contributed by atoms with E-state index < -0.39 is 9.04 Å². The van der Waals surface area contributed by atoms with Gasteiger partial charge in [-0.05, 0) is 39.9 Å². The van der Waals surface area contributed by atoms with Crippen LogP contribution < -0.4 is 15.9 Å². The van der Waals surface area contributed by atoms with Gasteiger partial charge in [-0.1, -0.05) is 93.6 Å². The van der Waals surface area contributed by atoms with E-state index in [1.165, 1.54) is 22.5 Å². The van der Waals surface area contributed by atoms with E-state index in [1.54, 1.807) is 0 Å². The molecule has 3 aromatic carbocycles. The first-order valence-electron chi connectivity index (χ1n) is 9.69. The summed E-state index contributed by atoms with van der Waals surface area (Å²) in [6.07, 6.45) is 0.878. The van der Waals surface area contributed by atoms with Crippen LogP contribution in [0.25, 0.3) is 0 Å². The topological polar surface area (TPSA) is 21.3 Å². The Bertz CT molecular complexity index is 808. The summed E-state index contributed by atoms with van der Waals surface area (Å²) in [6.45, 7) is 6.61. The van der Waals surface area contributed by atoms with Crippen LogP contribution in [0, 0.1) is 11.2 Å². The third kappa shape index (κ3) is 5.86. The van der Waals surface area contributed by atoms with Gasteiger partial charge in [0.15, 0.2) is 0 Å². The van der Waals surface area contributed by atoms with Crippen molar-refractivity contribution in [1.82, 2.24) is 5.48 Å². The highest BCUT2D eigenvalue weighted by molar-refractivity contribution is 6.79. The minimum Gasteiger partial charge on any atom is -0.338 e. The fraction of sp³-hybridized carbons (Fsp3) is 0.250. The molecular weight excluding hydrogens is 365 g/mol. The van der Waals surface area contributed by atoms with E-state index in [0.29, 0.717) is 0 Å². The Morgan fingerprint density at radius 1 is 0.821 bits per heavy atom. The highest BCUT2D eigenvalue weighted by Crippen LogP contribution is 2.29. The lowest BCUT2D eigenvalue weighted by Gasteiger charge is -2.29. The minimum atomic E-state index is -1.89. The van der Waals surface area contributed by atoms with Crippen LogP contribution in [0.3, 0.4) is 0 Å². The third-order valence-electron chi connectivity index (χ3n) is 4.62. The van der Waals surface area contributed by atoms with Crippen molar-refractivity contribution in [3.05, 3.63) is 96.3 Å². The molecule has 0 fully saturated rings. The second-order valence-corrected chi connectivity index (χ2v) is 10.6. The molecule has 0 aliphatic heterocycles. The van der Waals surface area contributed by atoms with Crippen LogP contribution in [-0.4, -0.2) is 9.04 Å². The van der Waals surface area contributed by atoms with E-state index in [1.807, 2.05) is 48.5 Å². The lowest BCUT2D eigenvalue weighted by Crippen LogP contribution is -2.49. The van der Waals surface area contributed by atoms with Crippen LogP contribution in [0.4, 0.5) is 4.39 Å². The quantitative estimate of drug-likeness (QED) is 0.476. The second kappa shape index (κ2) is 9.28. The maximum absolute atomic E-state index is 13.4. The van der Waals surface area contributed by atoms with Crippen LogP contribution >= 0.6 is 0 Å². The molecule has 0 radical (unpaired) electrons. The summed E-state index contributed by atoms with van der Waals surface area (Å²) in [5.74, 6) is -0.222. The van der Waals surface area contributed by atoms with Crippen molar-refractivity contribution in [2.75, 3.05) is 0 Å². The molecule has 1 N–H and O–H groups in total. The summed E-state index contributed by atoms with van der Waals surface area (Å²) < 4.78 is 19.8. The van der Waals surface area contributed by atoms with Gasteiger partial charge in [-0.2, -0.15) is 0 Å². The van der Waals surface area contributed by atoms with Crippen LogP contribution in [-0.2, 0) is 4.53 Å². The molecule has 0 aliphatic carbocycles. The molecule has 4 heteroatoms. The predicted octanol–water partition coefficient (Wildman–Crippen LogP) is 4.36. The second-order valence-electron chi connectivity index (χ2n) is 8.31. The Morgan fingerprint density at radius 3 is 1.79 bits per heavy atom. The average Bonchev–Trinajstić information content (AvgIpc) is 2.69. The van der Waals surface area contributed by atoms with E-state index in [4.69, 9.17) is 4.53 Å². The molecule has 0 heterocycles. The zero-order chi connectivity index (χ0) is 20.0. The predicted molar refractivity (Wildman–Crippen MR) is 117 cm³/mol. The molecule has 0 amide bonds. The lowest BCUT2D eigenvalue weighted by molar-refractivity contribution is 0.133. The summed E-state index contributed by atoms with van der Waals surface area (Å²) in [5, 5.41) is 2.43. The van der Waals surface area contributed by atoms with Crippen molar-refractivity contribution < 1.29 is 8.92 Å². The maximum Gasteiger partial charge on any atom is 0.267 e. The summed E-state index contributed by atoms with van der Waals surface area (Å²) in [5.41, 5.74) is 4.48. The number of benzene rings is 3. The SMILES string of the molecule is CC(C)(C)C[C@@H](NO[SiH](c1ccccc1)c1ccccc1)c1ccc(F)cc1. The van der Waals surface area contributed by atoms with Crippen molar-refractivity contribution in [3.8, 4) is 0 Å². The van der Waals surface area contributed by atoms with Gasteiger partial charge in [0.1, 0.15) is 5.82 Å². The number of nitrogens with one attached hydrogen (secondary N) is 1.